The molecule has 1 aliphatic carbocycles. The molecule has 4 nitrogen and oxygen atoms in total. The molecule has 0 heterocycles. The summed E-state index contributed by atoms with van der Waals surface area (Å²) in [5, 5.41) is 2.88. The van der Waals surface area contributed by atoms with Crippen molar-refractivity contribution >= 4 is 11.6 Å². The molecule has 1 aromatic rings. The molecule has 4 heteroatoms. The van der Waals surface area contributed by atoms with Gasteiger partial charge in [0, 0.05) is 12.2 Å². The Bertz CT molecular complexity index is 434. The van der Waals surface area contributed by atoms with Crippen LogP contribution < -0.4 is 11.1 Å². The molecule has 1 aromatic carbocycles. The van der Waals surface area contributed by atoms with Gasteiger partial charge in [0.05, 0.1) is 18.3 Å². The summed E-state index contributed by atoms with van der Waals surface area (Å²) in [7, 11) is 0. The van der Waals surface area contributed by atoms with E-state index in [2.05, 4.69) is 5.32 Å². The molecule has 1 aliphatic rings. The molecule has 0 atom stereocenters. The van der Waals surface area contributed by atoms with Crippen molar-refractivity contribution in [2.45, 2.75) is 45.1 Å². The number of hydrogen-bond acceptors (Lipinski definition) is 3. The summed E-state index contributed by atoms with van der Waals surface area (Å²) in [5.41, 5.74) is 7.85. The van der Waals surface area contributed by atoms with Crippen molar-refractivity contribution in [3.8, 4) is 0 Å². The number of carbonyl (C=O) groups is 1. The normalized spacial score (nSPS) is 16.1. The van der Waals surface area contributed by atoms with Crippen LogP contribution in [-0.4, -0.2) is 25.2 Å². The van der Waals surface area contributed by atoms with Gasteiger partial charge >= 0.3 is 0 Å². The number of aryl methyl sites for hydroxylation is 1. The fourth-order valence-corrected chi connectivity index (χ4v) is 2.71. The zero-order valence-electron chi connectivity index (χ0n) is 12.2. The molecule has 1 saturated carbocycles. The fraction of sp³-hybridized carbons (Fsp3) is 0.562. The van der Waals surface area contributed by atoms with E-state index in [9.17, 15) is 4.79 Å². The van der Waals surface area contributed by atoms with Gasteiger partial charge in [-0.3, -0.25) is 4.79 Å². The SMILES string of the molecule is Cc1cccc(N)c1C(=O)NCCOC1CCCCC1. The second-order valence-corrected chi connectivity index (χ2v) is 5.43. The van der Waals surface area contributed by atoms with Crippen LogP contribution in [0.4, 0.5) is 5.69 Å². The second kappa shape index (κ2) is 7.29. The molecular weight excluding hydrogens is 252 g/mol. The van der Waals surface area contributed by atoms with Crippen molar-refractivity contribution in [1.29, 1.82) is 0 Å². The van der Waals surface area contributed by atoms with Crippen LogP contribution in [-0.2, 0) is 4.74 Å². The Hall–Kier alpha value is -1.55. The molecule has 0 unspecified atom stereocenters. The zero-order valence-corrected chi connectivity index (χ0v) is 12.2. The minimum atomic E-state index is -0.118. The van der Waals surface area contributed by atoms with E-state index in [0.29, 0.717) is 30.5 Å². The molecule has 20 heavy (non-hydrogen) atoms. The molecule has 1 fully saturated rings. The lowest BCUT2D eigenvalue weighted by Gasteiger charge is -2.22. The molecule has 0 saturated heterocycles. The minimum absolute atomic E-state index is 0.118. The first-order valence-electron chi connectivity index (χ1n) is 7.43. The van der Waals surface area contributed by atoms with Gasteiger partial charge in [-0.25, -0.2) is 0 Å². The van der Waals surface area contributed by atoms with E-state index in [-0.39, 0.29) is 5.91 Å². The molecule has 0 radical (unpaired) electrons. The predicted molar refractivity (Wildman–Crippen MR) is 80.7 cm³/mol. The molecule has 110 valence electrons. The van der Waals surface area contributed by atoms with Gasteiger partial charge in [0.1, 0.15) is 0 Å². The van der Waals surface area contributed by atoms with Gasteiger partial charge in [-0.1, -0.05) is 31.4 Å². The molecule has 0 aromatic heterocycles. The number of nitrogens with one attached hydrogen (secondary N) is 1. The maximum Gasteiger partial charge on any atom is 0.253 e. The topological polar surface area (TPSA) is 64.4 Å². The van der Waals surface area contributed by atoms with Gasteiger partial charge in [-0.15, -0.1) is 0 Å². The van der Waals surface area contributed by atoms with E-state index >= 15 is 0 Å². The summed E-state index contributed by atoms with van der Waals surface area (Å²) in [6.07, 6.45) is 6.53. The standard InChI is InChI=1S/C16H24N2O2/c1-12-6-5-9-14(17)15(12)16(19)18-10-11-20-13-7-3-2-4-8-13/h5-6,9,13H,2-4,7-8,10-11,17H2,1H3,(H,18,19). The highest BCUT2D eigenvalue weighted by atomic mass is 16.5. The number of rotatable bonds is 5. The molecule has 3 N–H and O–H groups in total. The number of anilines is 1. The zero-order chi connectivity index (χ0) is 14.4. The second-order valence-electron chi connectivity index (χ2n) is 5.43. The molecule has 0 bridgehead atoms. The third-order valence-electron chi connectivity index (χ3n) is 3.83. The molecule has 0 aliphatic heterocycles. The first kappa shape index (κ1) is 14.9. The third kappa shape index (κ3) is 3.97. The van der Waals surface area contributed by atoms with Crippen molar-refractivity contribution in [2.24, 2.45) is 0 Å². The van der Waals surface area contributed by atoms with E-state index in [4.69, 9.17) is 10.5 Å². The van der Waals surface area contributed by atoms with Gasteiger partial charge in [0.15, 0.2) is 0 Å². The first-order chi connectivity index (χ1) is 9.68. The van der Waals surface area contributed by atoms with Crippen LogP contribution in [0, 0.1) is 6.92 Å². The molecular formula is C16H24N2O2. The van der Waals surface area contributed by atoms with Crippen molar-refractivity contribution in [3.05, 3.63) is 29.3 Å². The highest BCUT2D eigenvalue weighted by Gasteiger charge is 2.14. The lowest BCUT2D eigenvalue weighted by molar-refractivity contribution is 0.0299. The maximum atomic E-state index is 12.1. The lowest BCUT2D eigenvalue weighted by atomic mass is 9.98. The van der Waals surface area contributed by atoms with Crippen molar-refractivity contribution in [1.82, 2.24) is 5.32 Å². The summed E-state index contributed by atoms with van der Waals surface area (Å²) in [5.74, 6) is -0.118. The third-order valence-corrected chi connectivity index (χ3v) is 3.83. The summed E-state index contributed by atoms with van der Waals surface area (Å²) in [6.45, 7) is 3.00. The van der Waals surface area contributed by atoms with Crippen molar-refractivity contribution in [3.63, 3.8) is 0 Å². The molecule has 2 rings (SSSR count). The Labute approximate surface area is 120 Å². The smallest absolute Gasteiger partial charge is 0.253 e. The van der Waals surface area contributed by atoms with Crippen LogP contribution in [0.1, 0.15) is 48.0 Å². The van der Waals surface area contributed by atoms with Crippen LogP contribution in [0.2, 0.25) is 0 Å². The summed E-state index contributed by atoms with van der Waals surface area (Å²) in [4.78, 5) is 12.1. The lowest BCUT2D eigenvalue weighted by Crippen LogP contribution is -2.30. The van der Waals surface area contributed by atoms with E-state index < -0.39 is 0 Å². The van der Waals surface area contributed by atoms with Gasteiger partial charge < -0.3 is 15.8 Å². The predicted octanol–water partition coefficient (Wildman–Crippen LogP) is 2.66. The Morgan fingerprint density at radius 2 is 2.10 bits per heavy atom. The number of ether oxygens (including phenoxy) is 1. The van der Waals surface area contributed by atoms with Crippen molar-refractivity contribution in [2.75, 3.05) is 18.9 Å². The van der Waals surface area contributed by atoms with E-state index in [0.717, 1.165) is 18.4 Å². The Morgan fingerprint density at radius 3 is 2.80 bits per heavy atom. The number of benzene rings is 1. The summed E-state index contributed by atoms with van der Waals surface area (Å²) >= 11 is 0. The van der Waals surface area contributed by atoms with Crippen LogP contribution >= 0.6 is 0 Å². The highest BCUT2D eigenvalue weighted by Crippen LogP contribution is 2.20. The van der Waals surface area contributed by atoms with Crippen LogP contribution in [0.25, 0.3) is 0 Å². The Kier molecular flexibility index (Phi) is 5.41. The molecule has 0 spiro atoms. The number of amides is 1. The monoisotopic (exact) mass is 276 g/mol. The van der Waals surface area contributed by atoms with Gasteiger partial charge in [-0.05, 0) is 31.4 Å². The van der Waals surface area contributed by atoms with Crippen molar-refractivity contribution < 1.29 is 9.53 Å². The first-order valence-corrected chi connectivity index (χ1v) is 7.43. The van der Waals surface area contributed by atoms with Gasteiger partial charge in [0.2, 0.25) is 0 Å². The van der Waals surface area contributed by atoms with Crippen LogP contribution in [0.5, 0.6) is 0 Å². The van der Waals surface area contributed by atoms with E-state index in [1.54, 1.807) is 6.07 Å². The minimum Gasteiger partial charge on any atom is -0.398 e. The average Bonchev–Trinajstić information content (AvgIpc) is 2.44. The average molecular weight is 276 g/mol. The highest BCUT2D eigenvalue weighted by molar-refractivity contribution is 6.00. The van der Waals surface area contributed by atoms with E-state index in [1.165, 1.54) is 19.3 Å². The Balaban J connectivity index is 1.75. The summed E-state index contributed by atoms with van der Waals surface area (Å²) in [6, 6.07) is 5.50. The largest absolute Gasteiger partial charge is 0.398 e. The molecule has 1 amide bonds. The number of nitrogens with two attached hydrogens (primary N) is 1. The van der Waals surface area contributed by atoms with Crippen LogP contribution in [0.15, 0.2) is 18.2 Å². The Morgan fingerprint density at radius 1 is 1.35 bits per heavy atom. The number of carbonyl (C=O) groups excluding carboxylic acids is 1. The van der Waals surface area contributed by atoms with Gasteiger partial charge in [-0.2, -0.15) is 0 Å². The van der Waals surface area contributed by atoms with Gasteiger partial charge in [0.25, 0.3) is 5.91 Å². The number of hydrogen-bond donors (Lipinski definition) is 2. The fourth-order valence-electron chi connectivity index (χ4n) is 2.71. The van der Waals surface area contributed by atoms with E-state index in [1.807, 2.05) is 19.1 Å². The quantitative estimate of drug-likeness (QED) is 0.642. The number of nitrogen functional groups attached to an aromatic ring is 1. The van der Waals surface area contributed by atoms with Crippen LogP contribution in [0.3, 0.4) is 0 Å². The maximum absolute atomic E-state index is 12.1. The summed E-state index contributed by atoms with van der Waals surface area (Å²) < 4.78 is 5.78.